The smallest absolute Gasteiger partial charge is 0.0497 e. The molecule has 2 aromatic rings. The first-order valence-electron chi connectivity index (χ1n) is 7.65. The van der Waals surface area contributed by atoms with Crippen molar-refractivity contribution in [2.24, 2.45) is 23.6 Å². The maximum Gasteiger partial charge on any atom is 0.0497 e. The van der Waals surface area contributed by atoms with Crippen LogP contribution in [0, 0.1) is 17.8 Å². The van der Waals surface area contributed by atoms with Gasteiger partial charge in [-0.2, -0.15) is 0 Å². The van der Waals surface area contributed by atoms with Crippen LogP contribution in [0.25, 0.3) is 10.8 Å². The van der Waals surface area contributed by atoms with E-state index in [2.05, 4.69) is 34.7 Å². The zero-order valence-electron chi connectivity index (χ0n) is 11.6. The minimum atomic E-state index is 0.274. The average molecular weight is 267 g/mol. The summed E-state index contributed by atoms with van der Waals surface area (Å²) in [7, 11) is 0. The fourth-order valence-corrected chi connectivity index (χ4v) is 4.56. The molecular formula is C17H21N3. The normalized spacial score (nSPS) is 29.9. The van der Waals surface area contributed by atoms with Crippen molar-refractivity contribution in [3.8, 4) is 0 Å². The van der Waals surface area contributed by atoms with E-state index in [1.54, 1.807) is 0 Å². The van der Waals surface area contributed by atoms with E-state index in [0.717, 1.165) is 11.8 Å². The van der Waals surface area contributed by atoms with Crippen LogP contribution >= 0.6 is 0 Å². The van der Waals surface area contributed by atoms with Crippen LogP contribution in [0.4, 0.5) is 0 Å². The molecule has 0 radical (unpaired) electrons. The van der Waals surface area contributed by atoms with Gasteiger partial charge in [-0.25, -0.2) is 0 Å². The standard InChI is InChI=1S/C17H21N3/c18-20-17(16-9-11-4-5-12(16)8-11)15-3-1-2-13-10-19-7-6-14(13)15/h1-3,6-7,10-12,16-17,20H,4-5,8-9,18H2. The Morgan fingerprint density at radius 3 is 2.90 bits per heavy atom. The van der Waals surface area contributed by atoms with Gasteiger partial charge < -0.3 is 0 Å². The van der Waals surface area contributed by atoms with Crippen molar-refractivity contribution in [2.45, 2.75) is 31.7 Å². The number of nitrogens with one attached hydrogen (secondary N) is 1. The summed E-state index contributed by atoms with van der Waals surface area (Å²) in [6, 6.07) is 8.86. The van der Waals surface area contributed by atoms with E-state index in [0.29, 0.717) is 5.92 Å². The topological polar surface area (TPSA) is 50.9 Å². The molecule has 2 aliphatic rings. The number of aromatic nitrogens is 1. The Morgan fingerprint density at radius 1 is 1.20 bits per heavy atom. The molecule has 0 spiro atoms. The first-order chi connectivity index (χ1) is 9.86. The lowest BCUT2D eigenvalue weighted by atomic mass is 9.80. The summed E-state index contributed by atoms with van der Waals surface area (Å²) >= 11 is 0. The van der Waals surface area contributed by atoms with Crippen LogP contribution in [0.15, 0.2) is 36.7 Å². The van der Waals surface area contributed by atoms with Crippen molar-refractivity contribution < 1.29 is 0 Å². The molecule has 2 fully saturated rings. The predicted octanol–water partition coefficient (Wildman–Crippen LogP) is 3.18. The van der Waals surface area contributed by atoms with E-state index in [4.69, 9.17) is 5.84 Å². The van der Waals surface area contributed by atoms with Gasteiger partial charge in [0, 0.05) is 23.8 Å². The second-order valence-corrected chi connectivity index (χ2v) is 6.43. The second-order valence-electron chi connectivity index (χ2n) is 6.43. The monoisotopic (exact) mass is 267 g/mol. The van der Waals surface area contributed by atoms with Gasteiger partial charge in [-0.3, -0.25) is 16.3 Å². The highest BCUT2D eigenvalue weighted by Crippen LogP contribution is 2.52. The molecule has 2 saturated carbocycles. The maximum absolute atomic E-state index is 5.94. The summed E-state index contributed by atoms with van der Waals surface area (Å²) in [5, 5.41) is 2.49. The van der Waals surface area contributed by atoms with Gasteiger partial charge >= 0.3 is 0 Å². The highest BCUT2D eigenvalue weighted by molar-refractivity contribution is 5.85. The van der Waals surface area contributed by atoms with E-state index in [-0.39, 0.29) is 6.04 Å². The average Bonchev–Trinajstić information content (AvgIpc) is 3.11. The van der Waals surface area contributed by atoms with Crippen molar-refractivity contribution >= 4 is 10.8 Å². The molecule has 0 amide bonds. The summed E-state index contributed by atoms with van der Waals surface area (Å²) in [6.45, 7) is 0. The molecule has 3 heteroatoms. The van der Waals surface area contributed by atoms with Gasteiger partial charge in [0.05, 0.1) is 0 Å². The molecule has 1 heterocycles. The summed E-state index contributed by atoms with van der Waals surface area (Å²) in [5.41, 5.74) is 4.45. The quantitative estimate of drug-likeness (QED) is 0.663. The van der Waals surface area contributed by atoms with Crippen LogP contribution in [0.3, 0.4) is 0 Å². The highest BCUT2D eigenvalue weighted by atomic mass is 15.2. The molecule has 1 aromatic heterocycles. The SMILES string of the molecule is NNC(c1cccc2cnccc12)C1CC2CCC1C2. The molecule has 20 heavy (non-hydrogen) atoms. The van der Waals surface area contributed by atoms with Gasteiger partial charge in [0.1, 0.15) is 0 Å². The molecule has 2 bridgehead atoms. The summed E-state index contributed by atoms with van der Waals surface area (Å²) in [5.74, 6) is 8.44. The van der Waals surface area contributed by atoms with Crippen LogP contribution in [0.2, 0.25) is 0 Å². The van der Waals surface area contributed by atoms with Crippen LogP contribution in [0.1, 0.15) is 37.3 Å². The van der Waals surface area contributed by atoms with E-state index >= 15 is 0 Å². The number of nitrogens with zero attached hydrogens (tertiary/aromatic N) is 1. The minimum Gasteiger partial charge on any atom is -0.271 e. The maximum atomic E-state index is 5.94. The van der Waals surface area contributed by atoms with Gasteiger partial charge in [-0.15, -0.1) is 0 Å². The molecule has 3 N–H and O–H groups in total. The summed E-state index contributed by atoms with van der Waals surface area (Å²) < 4.78 is 0. The Morgan fingerprint density at radius 2 is 2.15 bits per heavy atom. The number of hydrogen-bond donors (Lipinski definition) is 2. The first-order valence-corrected chi connectivity index (χ1v) is 7.65. The molecule has 0 saturated heterocycles. The lowest BCUT2D eigenvalue weighted by Gasteiger charge is -2.31. The number of benzene rings is 1. The largest absolute Gasteiger partial charge is 0.271 e. The number of hydrogen-bond acceptors (Lipinski definition) is 3. The van der Waals surface area contributed by atoms with Crippen molar-refractivity contribution in [1.29, 1.82) is 0 Å². The molecular weight excluding hydrogens is 246 g/mol. The van der Waals surface area contributed by atoms with Gasteiger partial charge in [-0.1, -0.05) is 24.6 Å². The van der Waals surface area contributed by atoms with Gasteiger partial charge in [0.25, 0.3) is 0 Å². The van der Waals surface area contributed by atoms with E-state index in [1.807, 2.05) is 12.4 Å². The van der Waals surface area contributed by atoms with E-state index in [9.17, 15) is 0 Å². The first kappa shape index (κ1) is 12.3. The Hall–Kier alpha value is -1.45. The number of nitrogens with two attached hydrogens (primary N) is 1. The molecule has 4 unspecified atom stereocenters. The van der Waals surface area contributed by atoms with Gasteiger partial charge in [0.15, 0.2) is 0 Å². The highest BCUT2D eigenvalue weighted by Gasteiger charge is 2.43. The zero-order chi connectivity index (χ0) is 13.5. The Kier molecular flexibility index (Phi) is 2.97. The zero-order valence-corrected chi connectivity index (χ0v) is 11.6. The van der Waals surface area contributed by atoms with Crippen molar-refractivity contribution in [1.82, 2.24) is 10.4 Å². The molecule has 4 rings (SSSR count). The van der Waals surface area contributed by atoms with Crippen molar-refractivity contribution in [2.75, 3.05) is 0 Å². The predicted molar refractivity (Wildman–Crippen MR) is 80.7 cm³/mol. The van der Waals surface area contributed by atoms with Gasteiger partial charge in [-0.05, 0) is 54.0 Å². The Balaban J connectivity index is 1.76. The molecule has 4 atom stereocenters. The van der Waals surface area contributed by atoms with Crippen LogP contribution in [-0.4, -0.2) is 4.98 Å². The fourth-order valence-electron chi connectivity index (χ4n) is 4.56. The molecule has 0 aliphatic heterocycles. The third-order valence-electron chi connectivity index (χ3n) is 5.45. The number of fused-ring (bicyclic) bond motifs is 3. The third kappa shape index (κ3) is 1.85. The van der Waals surface area contributed by atoms with Crippen LogP contribution in [-0.2, 0) is 0 Å². The minimum absolute atomic E-state index is 0.274. The Bertz CT molecular complexity index is 619. The number of rotatable bonds is 3. The second kappa shape index (κ2) is 4.83. The Labute approximate surface area is 119 Å². The molecule has 3 nitrogen and oxygen atoms in total. The fraction of sp³-hybridized carbons (Fsp3) is 0.471. The molecule has 1 aromatic carbocycles. The molecule has 2 aliphatic carbocycles. The lowest BCUT2D eigenvalue weighted by Crippen LogP contribution is -2.36. The summed E-state index contributed by atoms with van der Waals surface area (Å²) in [6.07, 6.45) is 9.38. The van der Waals surface area contributed by atoms with E-state index < -0.39 is 0 Å². The van der Waals surface area contributed by atoms with Crippen molar-refractivity contribution in [3.05, 3.63) is 42.2 Å². The van der Waals surface area contributed by atoms with Crippen molar-refractivity contribution in [3.63, 3.8) is 0 Å². The van der Waals surface area contributed by atoms with E-state index in [1.165, 1.54) is 42.0 Å². The summed E-state index contributed by atoms with van der Waals surface area (Å²) in [4.78, 5) is 4.22. The van der Waals surface area contributed by atoms with Crippen LogP contribution < -0.4 is 11.3 Å². The van der Waals surface area contributed by atoms with Gasteiger partial charge in [0.2, 0.25) is 0 Å². The lowest BCUT2D eigenvalue weighted by molar-refractivity contribution is 0.253. The third-order valence-corrected chi connectivity index (χ3v) is 5.45. The van der Waals surface area contributed by atoms with Crippen LogP contribution in [0.5, 0.6) is 0 Å². The number of hydrazine groups is 1. The molecule has 104 valence electrons. The number of pyridine rings is 1.